The Kier molecular flexibility index (Phi) is 3.52. The van der Waals surface area contributed by atoms with Crippen molar-refractivity contribution in [1.29, 1.82) is 0 Å². The molecule has 0 radical (unpaired) electrons. The largest absolute Gasteiger partial charge is 0.349 e. The first-order valence-electron chi connectivity index (χ1n) is 6.81. The molecule has 0 unspecified atom stereocenters. The number of hydrogen-bond donors (Lipinski definition) is 1. The molecule has 0 aliphatic heterocycles. The summed E-state index contributed by atoms with van der Waals surface area (Å²) in [4.78, 5) is 28.6. The number of nitrogens with one attached hydrogen (secondary N) is 1. The zero-order valence-electron chi connectivity index (χ0n) is 11.3. The lowest BCUT2D eigenvalue weighted by atomic mass is 9.95. The lowest BCUT2D eigenvalue weighted by Crippen LogP contribution is -2.35. The van der Waals surface area contributed by atoms with Crippen LogP contribution < -0.4 is 10.9 Å². The van der Waals surface area contributed by atoms with Gasteiger partial charge in [0.1, 0.15) is 10.6 Å². The van der Waals surface area contributed by atoms with Gasteiger partial charge in [-0.05, 0) is 19.8 Å². The minimum absolute atomic E-state index is 0.0979. The lowest BCUT2D eigenvalue weighted by molar-refractivity contribution is 0.0931. The van der Waals surface area contributed by atoms with Crippen molar-refractivity contribution in [1.82, 2.24) is 19.9 Å². The molecule has 6 nitrogen and oxygen atoms in total. The van der Waals surface area contributed by atoms with E-state index in [4.69, 9.17) is 0 Å². The van der Waals surface area contributed by atoms with E-state index < -0.39 is 0 Å². The monoisotopic (exact) mass is 292 g/mol. The molecular weight excluding hydrogens is 276 g/mol. The molecule has 0 atom stereocenters. The second kappa shape index (κ2) is 5.32. The average molecular weight is 292 g/mol. The molecule has 1 amide bonds. The molecule has 106 valence electrons. The molecule has 2 aromatic rings. The van der Waals surface area contributed by atoms with Gasteiger partial charge in [-0.2, -0.15) is 10.1 Å². The van der Waals surface area contributed by atoms with Crippen LogP contribution in [-0.2, 0) is 0 Å². The summed E-state index contributed by atoms with van der Waals surface area (Å²) in [6, 6.07) is 0.268. The first-order valence-corrected chi connectivity index (χ1v) is 7.63. The summed E-state index contributed by atoms with van der Waals surface area (Å²) in [5, 5.41) is 7.15. The molecule has 0 bridgehead atoms. The van der Waals surface area contributed by atoms with Crippen LogP contribution in [-0.4, -0.2) is 26.5 Å². The van der Waals surface area contributed by atoms with E-state index in [9.17, 15) is 9.59 Å². The van der Waals surface area contributed by atoms with E-state index in [0.717, 1.165) is 12.8 Å². The molecule has 2 heterocycles. The van der Waals surface area contributed by atoms with Gasteiger partial charge in [0.25, 0.3) is 11.5 Å². The Hall–Kier alpha value is -1.76. The normalized spacial score (nSPS) is 16.4. The summed E-state index contributed by atoms with van der Waals surface area (Å²) in [5.41, 5.74) is -0.00868. The highest BCUT2D eigenvalue weighted by Gasteiger charge is 2.18. The van der Waals surface area contributed by atoms with Gasteiger partial charge in [0.15, 0.2) is 0 Å². The van der Waals surface area contributed by atoms with Gasteiger partial charge in [0.2, 0.25) is 4.96 Å². The van der Waals surface area contributed by atoms with E-state index in [1.807, 2.05) is 0 Å². The zero-order chi connectivity index (χ0) is 14.1. The van der Waals surface area contributed by atoms with E-state index in [0.29, 0.717) is 15.5 Å². The summed E-state index contributed by atoms with van der Waals surface area (Å²) < 4.78 is 1.50. The Labute approximate surface area is 119 Å². The summed E-state index contributed by atoms with van der Waals surface area (Å²) >= 11 is 1.19. The molecule has 0 saturated heterocycles. The van der Waals surface area contributed by atoms with E-state index in [1.54, 1.807) is 13.1 Å². The van der Waals surface area contributed by atoms with Crippen LogP contribution >= 0.6 is 11.3 Å². The molecule has 7 heteroatoms. The summed E-state index contributed by atoms with van der Waals surface area (Å²) in [5.74, 6) is -0.0979. The Bertz CT molecular complexity index is 700. The molecule has 1 aliphatic carbocycles. The first-order chi connectivity index (χ1) is 9.63. The van der Waals surface area contributed by atoms with Crippen molar-refractivity contribution >= 4 is 22.2 Å². The highest BCUT2D eigenvalue weighted by Crippen LogP contribution is 2.19. The molecule has 0 aromatic carbocycles. The molecule has 1 N–H and O–H groups in total. The maximum Gasteiger partial charge on any atom is 0.295 e. The van der Waals surface area contributed by atoms with Crippen molar-refractivity contribution in [2.24, 2.45) is 0 Å². The van der Waals surface area contributed by atoms with Crippen LogP contribution in [0.5, 0.6) is 0 Å². The quantitative estimate of drug-likeness (QED) is 0.910. The number of nitrogens with zero attached hydrogens (tertiary/aromatic N) is 3. The number of aryl methyl sites for hydroxylation is 1. The zero-order valence-corrected chi connectivity index (χ0v) is 12.1. The number of hydrogen-bond acceptors (Lipinski definition) is 5. The summed E-state index contributed by atoms with van der Waals surface area (Å²) in [6.07, 6.45) is 7.33. The van der Waals surface area contributed by atoms with Gasteiger partial charge >= 0.3 is 0 Å². The van der Waals surface area contributed by atoms with Gasteiger partial charge in [-0.1, -0.05) is 30.6 Å². The number of thiazole rings is 1. The predicted molar refractivity (Wildman–Crippen MR) is 76.2 cm³/mol. The van der Waals surface area contributed by atoms with Gasteiger partial charge in [0, 0.05) is 6.04 Å². The second-order valence-corrected chi connectivity index (χ2v) is 6.14. The lowest BCUT2D eigenvalue weighted by Gasteiger charge is -2.22. The van der Waals surface area contributed by atoms with Crippen molar-refractivity contribution in [2.75, 3.05) is 0 Å². The molecule has 2 aromatic heterocycles. The molecule has 1 saturated carbocycles. The van der Waals surface area contributed by atoms with Crippen LogP contribution in [0.15, 0.2) is 11.0 Å². The molecular formula is C13H16N4O2S. The maximum absolute atomic E-state index is 12.2. The van der Waals surface area contributed by atoms with Gasteiger partial charge in [0.05, 0.1) is 6.20 Å². The number of fused-ring (bicyclic) bond motifs is 1. The minimum Gasteiger partial charge on any atom is -0.349 e. The molecule has 3 rings (SSSR count). The van der Waals surface area contributed by atoms with Crippen LogP contribution in [0.1, 0.15) is 47.5 Å². The topological polar surface area (TPSA) is 76.4 Å². The van der Waals surface area contributed by atoms with Crippen molar-refractivity contribution in [3.05, 3.63) is 27.1 Å². The van der Waals surface area contributed by atoms with Gasteiger partial charge < -0.3 is 5.32 Å². The van der Waals surface area contributed by atoms with Crippen molar-refractivity contribution in [2.45, 2.75) is 45.1 Å². The Morgan fingerprint density at radius 3 is 2.90 bits per heavy atom. The van der Waals surface area contributed by atoms with E-state index >= 15 is 0 Å². The number of carbonyl (C=O) groups excluding carboxylic acids is 1. The maximum atomic E-state index is 12.2. The van der Waals surface area contributed by atoms with Crippen LogP contribution in [0.2, 0.25) is 0 Å². The van der Waals surface area contributed by atoms with Crippen molar-refractivity contribution in [3.8, 4) is 0 Å². The van der Waals surface area contributed by atoms with E-state index in [-0.39, 0.29) is 17.5 Å². The number of rotatable bonds is 2. The summed E-state index contributed by atoms with van der Waals surface area (Å²) in [6.45, 7) is 1.61. The first kappa shape index (κ1) is 13.2. The molecule has 1 fully saturated rings. The Morgan fingerprint density at radius 1 is 1.40 bits per heavy atom. The fraction of sp³-hybridized carbons (Fsp3) is 0.538. The number of aromatic nitrogens is 3. The highest BCUT2D eigenvalue weighted by molar-refractivity contribution is 7.18. The standard InChI is InChI=1S/C13H16N4O2S/c1-8-11(18)15-13-17(16-8)7-10(20-13)12(19)14-9-5-3-2-4-6-9/h7,9H,2-6H2,1H3,(H,14,19). The highest BCUT2D eigenvalue weighted by atomic mass is 32.1. The molecule has 1 aliphatic rings. The van der Waals surface area contributed by atoms with Gasteiger partial charge in [-0.3, -0.25) is 9.59 Å². The Morgan fingerprint density at radius 2 is 2.15 bits per heavy atom. The second-order valence-electron chi connectivity index (χ2n) is 5.13. The summed E-state index contributed by atoms with van der Waals surface area (Å²) in [7, 11) is 0. The fourth-order valence-corrected chi connectivity index (χ4v) is 3.28. The van der Waals surface area contributed by atoms with Gasteiger partial charge in [-0.15, -0.1) is 0 Å². The third-order valence-electron chi connectivity index (χ3n) is 3.57. The molecule has 20 heavy (non-hydrogen) atoms. The third kappa shape index (κ3) is 2.58. The number of carbonyl (C=O) groups is 1. The predicted octanol–water partition coefficient (Wildman–Crippen LogP) is 1.52. The van der Waals surface area contributed by atoms with Crippen LogP contribution in [0.25, 0.3) is 4.96 Å². The third-order valence-corrected chi connectivity index (χ3v) is 4.54. The molecule has 0 spiro atoms. The van der Waals surface area contributed by atoms with Crippen LogP contribution in [0.4, 0.5) is 0 Å². The van der Waals surface area contributed by atoms with E-state index in [2.05, 4.69) is 15.4 Å². The van der Waals surface area contributed by atoms with Crippen molar-refractivity contribution < 1.29 is 4.79 Å². The SMILES string of the molecule is Cc1nn2cc(C(=O)NC3CCCCC3)sc2nc1=O. The van der Waals surface area contributed by atoms with Gasteiger partial charge in [-0.25, -0.2) is 4.52 Å². The van der Waals surface area contributed by atoms with Crippen molar-refractivity contribution in [3.63, 3.8) is 0 Å². The van der Waals surface area contributed by atoms with E-state index in [1.165, 1.54) is 35.1 Å². The number of amides is 1. The average Bonchev–Trinajstić information content (AvgIpc) is 2.83. The minimum atomic E-state index is -0.342. The van der Waals surface area contributed by atoms with Crippen LogP contribution in [0, 0.1) is 6.92 Å². The van der Waals surface area contributed by atoms with Crippen LogP contribution in [0.3, 0.4) is 0 Å². The Balaban J connectivity index is 1.82. The fourth-order valence-electron chi connectivity index (χ4n) is 2.46. The smallest absolute Gasteiger partial charge is 0.295 e.